The molecule has 2 N–H and O–H groups in total. The van der Waals surface area contributed by atoms with Crippen molar-refractivity contribution in [2.75, 3.05) is 5.32 Å². The normalized spacial score (nSPS) is 13.5. The van der Waals surface area contributed by atoms with Crippen molar-refractivity contribution in [3.63, 3.8) is 0 Å². The highest BCUT2D eigenvalue weighted by atomic mass is 32.1. The van der Waals surface area contributed by atoms with Gasteiger partial charge in [0.2, 0.25) is 5.43 Å². The molecule has 4 aromatic rings. The van der Waals surface area contributed by atoms with Crippen LogP contribution in [0.15, 0.2) is 40.1 Å². The Morgan fingerprint density at radius 2 is 2.03 bits per heavy atom. The molecule has 1 aromatic carbocycles. The lowest BCUT2D eigenvalue weighted by Gasteiger charge is -2.19. The zero-order chi connectivity index (χ0) is 24.9. The summed E-state index contributed by atoms with van der Waals surface area (Å²) in [5.74, 6) is 5.33. The van der Waals surface area contributed by atoms with Crippen LogP contribution in [0, 0.1) is 17.7 Å². The molecular formula is C25H21FN4O4S. The molecular weight excluding hydrogens is 471 g/mol. The summed E-state index contributed by atoms with van der Waals surface area (Å²) in [4.78, 5) is 41.7. The highest BCUT2D eigenvalue weighted by Crippen LogP contribution is 2.40. The number of H-pyrrole nitrogens is 1. The van der Waals surface area contributed by atoms with Gasteiger partial charge in [-0.3, -0.25) is 19.3 Å². The van der Waals surface area contributed by atoms with Crippen LogP contribution in [0.5, 0.6) is 0 Å². The third-order valence-electron chi connectivity index (χ3n) is 5.36. The van der Waals surface area contributed by atoms with E-state index in [0.29, 0.717) is 21.7 Å². The fourth-order valence-electron chi connectivity index (χ4n) is 3.73. The Morgan fingerprint density at radius 3 is 2.69 bits per heavy atom. The molecule has 35 heavy (non-hydrogen) atoms. The molecule has 1 saturated carbocycles. The smallest absolute Gasteiger partial charge is 0.413 e. The monoisotopic (exact) mass is 492 g/mol. The minimum Gasteiger partial charge on any atom is -0.444 e. The molecule has 178 valence electrons. The van der Waals surface area contributed by atoms with Gasteiger partial charge in [0.05, 0.1) is 11.1 Å². The number of hydrogen-bond donors (Lipinski definition) is 2. The number of amides is 1. The zero-order valence-electron chi connectivity index (χ0n) is 19.2. The van der Waals surface area contributed by atoms with E-state index < -0.39 is 28.5 Å². The molecule has 0 spiro atoms. The van der Waals surface area contributed by atoms with Gasteiger partial charge in [-0.05, 0) is 69.4 Å². The summed E-state index contributed by atoms with van der Waals surface area (Å²) in [6.45, 7) is 5.28. The fourth-order valence-corrected chi connectivity index (χ4v) is 4.66. The van der Waals surface area contributed by atoms with Gasteiger partial charge in [0.1, 0.15) is 27.5 Å². The fraction of sp³-hybridized carbons (Fsp3) is 0.280. The van der Waals surface area contributed by atoms with Crippen LogP contribution in [0.1, 0.15) is 50.8 Å². The van der Waals surface area contributed by atoms with Gasteiger partial charge < -0.3 is 9.30 Å². The molecule has 3 aromatic heterocycles. The summed E-state index contributed by atoms with van der Waals surface area (Å²) in [5.41, 5.74) is -0.365. The molecule has 1 aliphatic rings. The molecule has 1 fully saturated rings. The molecule has 0 radical (unpaired) electrons. The largest absolute Gasteiger partial charge is 0.444 e. The Hall–Kier alpha value is -3.97. The van der Waals surface area contributed by atoms with Crippen molar-refractivity contribution in [3.8, 4) is 11.8 Å². The number of aromatic amines is 1. The summed E-state index contributed by atoms with van der Waals surface area (Å²) >= 11 is 1.11. The van der Waals surface area contributed by atoms with Gasteiger partial charge in [-0.25, -0.2) is 14.2 Å². The number of carbonyl (C=O) groups excluding carboxylic acids is 1. The van der Waals surface area contributed by atoms with Gasteiger partial charge in [-0.15, -0.1) is 0 Å². The number of hydrogen-bond acceptors (Lipinski definition) is 6. The zero-order valence-corrected chi connectivity index (χ0v) is 20.0. The van der Waals surface area contributed by atoms with E-state index in [2.05, 4.69) is 26.5 Å². The van der Waals surface area contributed by atoms with Crippen LogP contribution >= 0.6 is 11.5 Å². The number of carbonyl (C=O) groups is 1. The Labute approximate surface area is 202 Å². The third-order valence-corrected chi connectivity index (χ3v) is 6.24. The highest BCUT2D eigenvalue weighted by molar-refractivity contribution is 7.12. The predicted molar refractivity (Wildman–Crippen MR) is 133 cm³/mol. The maximum absolute atomic E-state index is 14.9. The molecule has 0 unspecified atom stereocenters. The van der Waals surface area contributed by atoms with Crippen LogP contribution in [0.4, 0.5) is 15.0 Å². The number of rotatable bonds is 2. The third kappa shape index (κ3) is 4.55. The number of benzene rings is 1. The summed E-state index contributed by atoms with van der Waals surface area (Å²) in [6, 6.07) is 6.09. The van der Waals surface area contributed by atoms with E-state index in [-0.39, 0.29) is 22.4 Å². The van der Waals surface area contributed by atoms with Gasteiger partial charge in [-0.2, -0.15) is 0 Å². The summed E-state index contributed by atoms with van der Waals surface area (Å²) in [6.07, 6.45) is 2.68. The summed E-state index contributed by atoms with van der Waals surface area (Å²) in [5, 5.41) is 2.77. The van der Waals surface area contributed by atoms with Crippen LogP contribution < -0.4 is 16.3 Å². The lowest BCUT2D eigenvalue weighted by atomic mass is 10.1. The molecule has 1 amide bonds. The Balaban J connectivity index is 1.49. The van der Waals surface area contributed by atoms with E-state index in [0.717, 1.165) is 30.4 Å². The molecule has 0 saturated heterocycles. The standard InChI is InChI=1S/C25H21FN4O4S/c1-25(2,3)34-24(33)28-19-9-5-13(12-27-19)4-6-14-10-18-16(11-17(14)26)21(31)20-22(32)29-35-23(20)30(18)15-7-8-15/h5,9-12,15H,7-8H2,1-3H3,(H,29,32)(H,27,28,33). The second-order valence-electron chi connectivity index (χ2n) is 9.30. The number of ether oxygens (including phenoxy) is 1. The number of nitrogens with one attached hydrogen (secondary N) is 2. The first kappa shape index (κ1) is 22.8. The van der Waals surface area contributed by atoms with Crippen molar-refractivity contribution in [2.45, 2.75) is 45.3 Å². The van der Waals surface area contributed by atoms with E-state index >= 15 is 0 Å². The lowest BCUT2D eigenvalue weighted by Crippen LogP contribution is -2.27. The Morgan fingerprint density at radius 1 is 1.26 bits per heavy atom. The maximum atomic E-state index is 14.9. The molecule has 10 heteroatoms. The summed E-state index contributed by atoms with van der Waals surface area (Å²) < 4.78 is 24.7. The first-order chi connectivity index (χ1) is 16.6. The number of aromatic nitrogens is 3. The van der Waals surface area contributed by atoms with Gasteiger partial charge in [0.15, 0.2) is 0 Å². The van der Waals surface area contributed by atoms with E-state index in [1.54, 1.807) is 39.0 Å². The van der Waals surface area contributed by atoms with Crippen molar-refractivity contribution in [3.05, 3.63) is 68.0 Å². The molecule has 0 bridgehead atoms. The van der Waals surface area contributed by atoms with Crippen molar-refractivity contribution in [1.29, 1.82) is 0 Å². The van der Waals surface area contributed by atoms with Gasteiger partial charge in [0, 0.05) is 23.2 Å². The second kappa shape index (κ2) is 8.36. The van der Waals surface area contributed by atoms with Crippen molar-refractivity contribution >= 4 is 44.6 Å². The van der Waals surface area contributed by atoms with Gasteiger partial charge in [-0.1, -0.05) is 11.8 Å². The number of anilines is 1. The van der Waals surface area contributed by atoms with Crippen molar-refractivity contribution < 1.29 is 13.9 Å². The topological polar surface area (TPSA) is 106 Å². The average Bonchev–Trinajstić information content (AvgIpc) is 3.54. The van der Waals surface area contributed by atoms with Crippen LogP contribution in [-0.2, 0) is 4.74 Å². The van der Waals surface area contributed by atoms with Crippen LogP contribution in [-0.4, -0.2) is 25.6 Å². The maximum Gasteiger partial charge on any atom is 0.413 e. The number of halogens is 1. The van der Waals surface area contributed by atoms with Crippen LogP contribution in [0.25, 0.3) is 21.1 Å². The van der Waals surface area contributed by atoms with Crippen LogP contribution in [0.3, 0.4) is 0 Å². The quantitative estimate of drug-likeness (QED) is 0.400. The highest BCUT2D eigenvalue weighted by Gasteiger charge is 2.29. The first-order valence-electron chi connectivity index (χ1n) is 11.0. The Kier molecular flexibility index (Phi) is 5.44. The molecule has 1 aliphatic carbocycles. The minimum atomic E-state index is -0.647. The summed E-state index contributed by atoms with van der Waals surface area (Å²) in [7, 11) is 0. The van der Waals surface area contributed by atoms with E-state index in [1.807, 2.05) is 4.57 Å². The van der Waals surface area contributed by atoms with Gasteiger partial charge >= 0.3 is 6.09 Å². The molecule has 5 rings (SSSR count). The molecule has 3 heterocycles. The van der Waals surface area contributed by atoms with E-state index in [4.69, 9.17) is 4.74 Å². The number of fused-ring (bicyclic) bond motifs is 2. The van der Waals surface area contributed by atoms with Crippen molar-refractivity contribution in [1.82, 2.24) is 13.9 Å². The average molecular weight is 493 g/mol. The second-order valence-corrected chi connectivity index (χ2v) is 10.1. The lowest BCUT2D eigenvalue weighted by molar-refractivity contribution is 0.0635. The first-order valence-corrected chi connectivity index (χ1v) is 11.8. The van der Waals surface area contributed by atoms with E-state index in [9.17, 15) is 18.8 Å². The number of nitrogens with zero attached hydrogens (tertiary/aromatic N) is 2. The minimum absolute atomic E-state index is 0.0683. The molecule has 8 nitrogen and oxygen atoms in total. The number of pyridine rings is 2. The van der Waals surface area contributed by atoms with Crippen molar-refractivity contribution in [2.24, 2.45) is 0 Å². The predicted octanol–water partition coefficient (Wildman–Crippen LogP) is 4.52. The van der Waals surface area contributed by atoms with E-state index in [1.165, 1.54) is 6.20 Å². The van der Waals surface area contributed by atoms with Gasteiger partial charge in [0.25, 0.3) is 5.56 Å². The molecule has 0 aliphatic heterocycles. The van der Waals surface area contributed by atoms with Crippen LogP contribution in [0.2, 0.25) is 0 Å². The Bertz CT molecular complexity index is 1660. The SMILES string of the molecule is CC(C)(C)OC(=O)Nc1ccc(C#Cc2cc3c(cc2F)c(=O)c2c(=O)[nH]sc2n3C2CC2)cn1. The molecule has 0 atom stereocenters.